The summed E-state index contributed by atoms with van der Waals surface area (Å²) >= 11 is 4.75. The Balaban J connectivity index is 1.99. The van der Waals surface area contributed by atoms with Gasteiger partial charge in [-0.25, -0.2) is 0 Å². The van der Waals surface area contributed by atoms with Crippen LogP contribution in [0.2, 0.25) is 0 Å². The molecular weight excluding hydrogens is 266 g/mol. The van der Waals surface area contributed by atoms with E-state index in [-0.39, 0.29) is 0 Å². The lowest BCUT2D eigenvalue weighted by Gasteiger charge is -2.00. The van der Waals surface area contributed by atoms with Crippen LogP contribution in [0.4, 0.5) is 5.13 Å². The minimum Gasteiger partial charge on any atom is -0.396 e. The minimum atomic E-state index is 0.302. The van der Waals surface area contributed by atoms with Crippen LogP contribution in [0.25, 0.3) is 0 Å². The lowest BCUT2D eigenvalue weighted by Crippen LogP contribution is -2.01. The van der Waals surface area contributed by atoms with Crippen molar-refractivity contribution in [1.82, 2.24) is 10.2 Å². The highest BCUT2D eigenvalue weighted by Gasteiger charge is 1.98. The second kappa shape index (κ2) is 7.14. The Hall–Kier alpha value is -0.200. The SMILES string of the molecule is OCCCCCCNc1nnc(Br)s1. The number of aromatic nitrogens is 2. The van der Waals surface area contributed by atoms with Crippen molar-refractivity contribution in [3.05, 3.63) is 3.92 Å². The van der Waals surface area contributed by atoms with Crippen molar-refractivity contribution in [3.63, 3.8) is 0 Å². The first-order valence-electron chi connectivity index (χ1n) is 4.66. The van der Waals surface area contributed by atoms with Gasteiger partial charge in [0.25, 0.3) is 0 Å². The molecule has 1 aromatic heterocycles. The van der Waals surface area contributed by atoms with Crippen LogP contribution in [0, 0.1) is 0 Å². The van der Waals surface area contributed by atoms with Gasteiger partial charge in [0.15, 0.2) is 3.92 Å². The fraction of sp³-hybridized carbons (Fsp3) is 0.750. The molecule has 1 heterocycles. The van der Waals surface area contributed by atoms with Crippen LogP contribution >= 0.6 is 27.3 Å². The van der Waals surface area contributed by atoms with Crippen LogP contribution in [-0.4, -0.2) is 28.5 Å². The van der Waals surface area contributed by atoms with Crippen LogP contribution in [-0.2, 0) is 0 Å². The Kier molecular flexibility index (Phi) is 6.05. The first-order valence-corrected chi connectivity index (χ1v) is 6.27. The zero-order chi connectivity index (χ0) is 10.2. The standard InChI is InChI=1S/C8H14BrN3OS/c9-7-11-12-8(14-7)10-5-3-1-2-4-6-13/h13H,1-6H2,(H,10,12). The normalized spacial score (nSPS) is 10.4. The highest BCUT2D eigenvalue weighted by Crippen LogP contribution is 2.19. The Morgan fingerprint density at radius 1 is 1.21 bits per heavy atom. The van der Waals surface area contributed by atoms with Gasteiger partial charge in [-0.1, -0.05) is 24.2 Å². The number of anilines is 1. The van der Waals surface area contributed by atoms with Crippen molar-refractivity contribution >= 4 is 32.4 Å². The van der Waals surface area contributed by atoms with Gasteiger partial charge in [-0.2, -0.15) is 0 Å². The molecule has 1 rings (SSSR count). The van der Waals surface area contributed by atoms with Crippen LogP contribution in [0.1, 0.15) is 25.7 Å². The molecule has 0 saturated heterocycles. The summed E-state index contributed by atoms with van der Waals surface area (Å²) in [7, 11) is 0. The predicted molar refractivity (Wildman–Crippen MR) is 61.7 cm³/mol. The van der Waals surface area contributed by atoms with Crippen molar-refractivity contribution < 1.29 is 5.11 Å². The smallest absolute Gasteiger partial charge is 0.206 e. The fourth-order valence-electron chi connectivity index (χ4n) is 1.06. The van der Waals surface area contributed by atoms with Gasteiger partial charge in [-0.05, 0) is 28.8 Å². The summed E-state index contributed by atoms with van der Waals surface area (Å²) in [5.41, 5.74) is 0. The monoisotopic (exact) mass is 279 g/mol. The first-order chi connectivity index (χ1) is 6.83. The van der Waals surface area contributed by atoms with Gasteiger partial charge in [-0.3, -0.25) is 0 Å². The van der Waals surface area contributed by atoms with E-state index in [1.807, 2.05) is 0 Å². The Morgan fingerprint density at radius 2 is 2.00 bits per heavy atom. The summed E-state index contributed by atoms with van der Waals surface area (Å²) in [5.74, 6) is 0. The van der Waals surface area contributed by atoms with E-state index in [0.29, 0.717) is 6.61 Å². The summed E-state index contributed by atoms with van der Waals surface area (Å²) in [6.45, 7) is 1.23. The molecule has 0 aliphatic rings. The Labute approximate surface area is 95.9 Å². The number of halogens is 1. The second-order valence-corrected chi connectivity index (χ2v) is 5.18. The number of aliphatic hydroxyl groups excluding tert-OH is 1. The third kappa shape index (κ3) is 4.88. The van der Waals surface area contributed by atoms with E-state index < -0.39 is 0 Å². The van der Waals surface area contributed by atoms with Crippen LogP contribution in [0.3, 0.4) is 0 Å². The van der Waals surface area contributed by atoms with Gasteiger partial charge in [0.05, 0.1) is 0 Å². The van der Waals surface area contributed by atoms with Crippen molar-refractivity contribution in [2.24, 2.45) is 0 Å². The molecule has 80 valence electrons. The number of hydrogen-bond acceptors (Lipinski definition) is 5. The maximum atomic E-state index is 8.57. The molecule has 0 aliphatic heterocycles. The largest absolute Gasteiger partial charge is 0.396 e. The molecular formula is C8H14BrN3OS. The molecule has 6 heteroatoms. The van der Waals surface area contributed by atoms with Crippen molar-refractivity contribution in [2.45, 2.75) is 25.7 Å². The van der Waals surface area contributed by atoms with E-state index in [0.717, 1.165) is 41.3 Å². The van der Waals surface area contributed by atoms with E-state index in [1.165, 1.54) is 11.3 Å². The van der Waals surface area contributed by atoms with Gasteiger partial charge in [0, 0.05) is 13.2 Å². The van der Waals surface area contributed by atoms with Crippen molar-refractivity contribution in [1.29, 1.82) is 0 Å². The number of aliphatic hydroxyl groups is 1. The van der Waals surface area contributed by atoms with Gasteiger partial charge < -0.3 is 10.4 Å². The molecule has 0 spiro atoms. The van der Waals surface area contributed by atoms with E-state index >= 15 is 0 Å². The maximum Gasteiger partial charge on any atom is 0.206 e. The van der Waals surface area contributed by atoms with E-state index in [1.54, 1.807) is 0 Å². The number of hydrogen-bond donors (Lipinski definition) is 2. The minimum absolute atomic E-state index is 0.302. The number of nitrogens with zero attached hydrogens (tertiary/aromatic N) is 2. The molecule has 0 radical (unpaired) electrons. The highest BCUT2D eigenvalue weighted by molar-refractivity contribution is 9.11. The van der Waals surface area contributed by atoms with Gasteiger partial charge in [-0.15, -0.1) is 10.2 Å². The molecule has 0 aromatic carbocycles. The third-order valence-electron chi connectivity index (χ3n) is 1.76. The number of rotatable bonds is 7. The lowest BCUT2D eigenvalue weighted by molar-refractivity contribution is 0.283. The first kappa shape index (κ1) is 11.9. The quantitative estimate of drug-likeness (QED) is 0.752. The Bertz CT molecular complexity index is 256. The summed E-state index contributed by atoms with van der Waals surface area (Å²) in [6.07, 6.45) is 4.26. The topological polar surface area (TPSA) is 58.0 Å². The third-order valence-corrected chi connectivity index (χ3v) is 3.08. The predicted octanol–water partition coefficient (Wildman–Crippen LogP) is 2.27. The molecule has 14 heavy (non-hydrogen) atoms. The van der Waals surface area contributed by atoms with Crippen molar-refractivity contribution in [3.8, 4) is 0 Å². The van der Waals surface area contributed by atoms with E-state index in [4.69, 9.17) is 5.11 Å². The molecule has 0 amide bonds. The van der Waals surface area contributed by atoms with Crippen LogP contribution in [0.5, 0.6) is 0 Å². The summed E-state index contributed by atoms with van der Waals surface area (Å²) in [5, 5.41) is 20.4. The average molecular weight is 280 g/mol. The zero-order valence-corrected chi connectivity index (χ0v) is 10.3. The molecule has 0 saturated carbocycles. The summed E-state index contributed by atoms with van der Waals surface area (Å²) < 4.78 is 0.806. The molecule has 0 bridgehead atoms. The molecule has 1 aromatic rings. The van der Waals surface area contributed by atoms with E-state index in [9.17, 15) is 0 Å². The summed E-state index contributed by atoms with van der Waals surface area (Å²) in [6, 6.07) is 0. The van der Waals surface area contributed by atoms with Crippen LogP contribution in [0.15, 0.2) is 3.92 Å². The zero-order valence-electron chi connectivity index (χ0n) is 7.87. The van der Waals surface area contributed by atoms with Gasteiger partial charge >= 0.3 is 0 Å². The van der Waals surface area contributed by atoms with Gasteiger partial charge in [0.1, 0.15) is 0 Å². The summed E-state index contributed by atoms with van der Waals surface area (Å²) in [4.78, 5) is 0. The number of unbranched alkanes of at least 4 members (excludes halogenated alkanes) is 3. The molecule has 0 fully saturated rings. The lowest BCUT2D eigenvalue weighted by atomic mass is 10.2. The Morgan fingerprint density at radius 3 is 2.64 bits per heavy atom. The molecule has 2 N–H and O–H groups in total. The number of nitrogens with one attached hydrogen (secondary N) is 1. The molecule has 4 nitrogen and oxygen atoms in total. The molecule has 0 aliphatic carbocycles. The highest BCUT2D eigenvalue weighted by atomic mass is 79.9. The molecule has 0 atom stereocenters. The van der Waals surface area contributed by atoms with E-state index in [2.05, 4.69) is 31.4 Å². The molecule has 0 unspecified atom stereocenters. The van der Waals surface area contributed by atoms with Crippen molar-refractivity contribution in [2.75, 3.05) is 18.5 Å². The second-order valence-electron chi connectivity index (χ2n) is 2.92. The average Bonchev–Trinajstić information content (AvgIpc) is 2.58. The fourth-order valence-corrected chi connectivity index (χ4v) is 2.10. The van der Waals surface area contributed by atoms with Crippen LogP contribution < -0.4 is 5.32 Å². The van der Waals surface area contributed by atoms with Gasteiger partial charge in [0.2, 0.25) is 5.13 Å². The maximum absolute atomic E-state index is 8.57.